The minimum atomic E-state index is -0.472. The largest absolute Gasteiger partial charge is 0.214 e. The van der Waals surface area contributed by atoms with Crippen LogP contribution in [0.3, 0.4) is 0 Å². The molecular weight excluding hydrogens is 386 g/mol. The van der Waals surface area contributed by atoms with Gasteiger partial charge in [-0.05, 0) is 0 Å². The average molecular weight is 396 g/mol. The minimum Gasteiger partial charge on any atom is -0.214 e. The van der Waals surface area contributed by atoms with Crippen molar-refractivity contribution in [3.8, 4) is 0 Å². The van der Waals surface area contributed by atoms with Gasteiger partial charge in [0, 0.05) is 0 Å². The van der Waals surface area contributed by atoms with E-state index in [0.29, 0.717) is 0 Å². The molecule has 2 aromatic rings. The maximum atomic E-state index is 4.88. The molecule has 3 heteroatoms. The third-order valence-corrected chi connectivity index (χ3v) is 1.11. The van der Waals surface area contributed by atoms with Gasteiger partial charge in [-0.1, -0.05) is 0 Å². The topological polar surface area (TPSA) is 0 Å². The summed E-state index contributed by atoms with van der Waals surface area (Å²) in [7, 11) is 9.75. The van der Waals surface area contributed by atoms with Crippen molar-refractivity contribution in [1.29, 1.82) is 0 Å². The summed E-state index contributed by atoms with van der Waals surface area (Å²) in [5.41, 5.74) is 0. The quantitative estimate of drug-likeness (QED) is 0.586. The fraction of sp³-hybridized carbons (Fsp3) is 0. The van der Waals surface area contributed by atoms with Crippen molar-refractivity contribution in [2.75, 3.05) is 0 Å². The van der Waals surface area contributed by atoms with E-state index in [0.717, 1.165) is 0 Å². The molecule has 0 N–H and O–H groups in total. The van der Waals surface area contributed by atoms with Gasteiger partial charge in [-0.2, -0.15) is 36.4 Å². The zero-order chi connectivity index (χ0) is 9.78. The third kappa shape index (κ3) is 12.0. The van der Waals surface area contributed by atoms with Crippen LogP contribution in [0.1, 0.15) is 0 Å². The van der Waals surface area contributed by atoms with Gasteiger partial charge in [-0.25, -0.2) is 24.3 Å². The van der Waals surface area contributed by atoms with Crippen molar-refractivity contribution < 1.29 is 16.5 Å². The van der Waals surface area contributed by atoms with Crippen molar-refractivity contribution >= 4 is 18.8 Å². The van der Waals surface area contributed by atoms with Crippen molar-refractivity contribution in [2.45, 2.75) is 0 Å². The summed E-state index contributed by atoms with van der Waals surface area (Å²) < 4.78 is 0. The number of hydrogen-bond donors (Lipinski definition) is 0. The Bertz CT molecular complexity index is 165. The van der Waals surface area contributed by atoms with Crippen LogP contribution < -0.4 is 0 Å². The Labute approximate surface area is 95.6 Å². The van der Waals surface area contributed by atoms with Crippen LogP contribution in [0.2, 0.25) is 0 Å². The normalized spacial score (nSPS) is 7.85. The molecular formula is C10H10Cl2Pt. The monoisotopic (exact) mass is 395 g/mol. The number of hydrogen-bond acceptors (Lipinski definition) is 0. The molecule has 0 saturated heterocycles. The van der Waals surface area contributed by atoms with Gasteiger partial charge in [0.05, 0.1) is 0 Å². The van der Waals surface area contributed by atoms with Crippen molar-refractivity contribution in [3.63, 3.8) is 0 Å². The van der Waals surface area contributed by atoms with Crippen LogP contribution in [-0.2, 0) is 16.5 Å². The Hall–Kier alpha value is -0.0317. The van der Waals surface area contributed by atoms with Crippen LogP contribution in [-0.4, -0.2) is 0 Å². The minimum absolute atomic E-state index is 0.472. The molecule has 0 spiro atoms. The molecule has 0 amide bonds. The van der Waals surface area contributed by atoms with E-state index in [9.17, 15) is 0 Å². The van der Waals surface area contributed by atoms with Crippen molar-refractivity contribution in [2.24, 2.45) is 0 Å². The molecule has 0 atom stereocenters. The van der Waals surface area contributed by atoms with E-state index in [1.807, 2.05) is 60.7 Å². The summed E-state index contributed by atoms with van der Waals surface area (Å²) >= 11 is -0.472. The average Bonchev–Trinajstić information content (AvgIpc) is 2.85. The Balaban J connectivity index is 0.000000174. The first-order valence-electron chi connectivity index (χ1n) is 3.57. The second-order valence-electron chi connectivity index (χ2n) is 1.97. The van der Waals surface area contributed by atoms with Gasteiger partial charge in [0.15, 0.2) is 0 Å². The predicted molar refractivity (Wildman–Crippen MR) is 55.8 cm³/mol. The SMILES string of the molecule is [Cl][Pt+2][Cl].c1cc[cH-]c1.c1cc[cH-]c1. The van der Waals surface area contributed by atoms with Crippen LogP contribution in [0.4, 0.5) is 0 Å². The van der Waals surface area contributed by atoms with Gasteiger partial charge < -0.3 is 0 Å². The van der Waals surface area contributed by atoms with Crippen LogP contribution in [0.15, 0.2) is 60.7 Å². The molecule has 0 aromatic heterocycles. The maximum absolute atomic E-state index is 4.88. The molecule has 2 aromatic carbocycles. The molecule has 0 unspecified atom stereocenters. The van der Waals surface area contributed by atoms with Gasteiger partial charge in [-0.3, -0.25) is 0 Å². The van der Waals surface area contributed by atoms with E-state index in [4.69, 9.17) is 18.8 Å². The fourth-order valence-electron chi connectivity index (χ4n) is 0.642. The van der Waals surface area contributed by atoms with E-state index in [-0.39, 0.29) is 0 Å². The second kappa shape index (κ2) is 12.0. The molecule has 0 aliphatic carbocycles. The summed E-state index contributed by atoms with van der Waals surface area (Å²) in [6.45, 7) is 0. The van der Waals surface area contributed by atoms with Gasteiger partial charge in [-0.15, -0.1) is 0 Å². The van der Waals surface area contributed by atoms with E-state index < -0.39 is 16.5 Å². The fourth-order valence-corrected chi connectivity index (χ4v) is 0.642. The molecule has 0 nitrogen and oxygen atoms in total. The zero-order valence-electron chi connectivity index (χ0n) is 6.85. The van der Waals surface area contributed by atoms with E-state index in [1.54, 1.807) is 0 Å². The molecule has 0 aliphatic heterocycles. The summed E-state index contributed by atoms with van der Waals surface area (Å²) in [6, 6.07) is 20.0. The Morgan fingerprint density at radius 3 is 1.00 bits per heavy atom. The molecule has 0 heterocycles. The Morgan fingerprint density at radius 1 is 0.692 bits per heavy atom. The first kappa shape index (κ1) is 13.0. The molecule has 0 aliphatic rings. The van der Waals surface area contributed by atoms with Gasteiger partial charge >= 0.3 is 35.3 Å². The summed E-state index contributed by atoms with van der Waals surface area (Å²) in [5.74, 6) is 0. The molecule has 0 fully saturated rings. The molecule has 2 rings (SSSR count). The molecule has 0 radical (unpaired) electrons. The van der Waals surface area contributed by atoms with Crippen LogP contribution >= 0.6 is 18.8 Å². The van der Waals surface area contributed by atoms with Crippen LogP contribution in [0, 0.1) is 0 Å². The summed E-state index contributed by atoms with van der Waals surface area (Å²) in [5, 5.41) is 0. The molecule has 0 bridgehead atoms. The van der Waals surface area contributed by atoms with Crippen molar-refractivity contribution in [1.82, 2.24) is 0 Å². The van der Waals surface area contributed by atoms with E-state index >= 15 is 0 Å². The maximum Gasteiger partial charge on any atom is -0.172 e. The number of halogens is 2. The summed E-state index contributed by atoms with van der Waals surface area (Å²) in [4.78, 5) is 0. The Kier molecular flexibility index (Phi) is 11.9. The van der Waals surface area contributed by atoms with E-state index in [2.05, 4.69) is 0 Å². The standard InChI is InChI=1S/2C5H5.2ClH.Pt/c2*1-2-4-5-3-1;;;/h2*1-5H;2*1H;/q2*-1;;;+4/p-2. The van der Waals surface area contributed by atoms with Gasteiger partial charge in [0.1, 0.15) is 0 Å². The molecule has 74 valence electrons. The van der Waals surface area contributed by atoms with E-state index in [1.165, 1.54) is 0 Å². The van der Waals surface area contributed by atoms with Gasteiger partial charge in [0.2, 0.25) is 0 Å². The van der Waals surface area contributed by atoms with Crippen LogP contribution in [0.25, 0.3) is 0 Å². The summed E-state index contributed by atoms with van der Waals surface area (Å²) in [6.07, 6.45) is 0. The van der Waals surface area contributed by atoms with Gasteiger partial charge in [0.25, 0.3) is 0 Å². The second-order valence-corrected chi connectivity index (χ2v) is 5.25. The molecule has 0 saturated carbocycles. The Morgan fingerprint density at radius 2 is 0.923 bits per heavy atom. The first-order valence-corrected chi connectivity index (χ1v) is 9.20. The third-order valence-electron chi connectivity index (χ3n) is 1.11. The zero-order valence-corrected chi connectivity index (χ0v) is 10.6. The van der Waals surface area contributed by atoms with Crippen LogP contribution in [0.5, 0.6) is 0 Å². The molecule has 13 heavy (non-hydrogen) atoms. The first-order chi connectivity index (χ1) is 6.41. The van der Waals surface area contributed by atoms with Crippen molar-refractivity contribution in [3.05, 3.63) is 60.7 Å². The predicted octanol–water partition coefficient (Wildman–Crippen LogP) is 4.19. The number of rotatable bonds is 0. The smallest absolute Gasteiger partial charge is 0.172 e.